The van der Waals surface area contributed by atoms with Crippen molar-refractivity contribution in [3.8, 4) is 5.75 Å². The molecule has 1 aromatic carbocycles. The van der Waals surface area contributed by atoms with E-state index in [1.54, 1.807) is 44.2 Å². The fraction of sp³-hybridized carbons (Fsp3) is 0.478. The number of nitrogen functional groups attached to an aromatic ring is 1. The Morgan fingerprint density at radius 3 is 2.75 bits per heavy atom. The summed E-state index contributed by atoms with van der Waals surface area (Å²) in [7, 11) is -4.26. The molecule has 6 atom stereocenters. The van der Waals surface area contributed by atoms with E-state index >= 15 is 0 Å². The van der Waals surface area contributed by atoms with Crippen molar-refractivity contribution in [1.29, 1.82) is 0 Å². The molecule has 0 saturated carbocycles. The number of hydrogen-bond donors (Lipinski definition) is 3. The monoisotopic (exact) mass is 575 g/mol. The van der Waals surface area contributed by atoms with Gasteiger partial charge in [-0.1, -0.05) is 23.3 Å². The van der Waals surface area contributed by atoms with E-state index in [0.717, 1.165) is 0 Å². The fourth-order valence-corrected chi connectivity index (χ4v) is 5.67. The Bertz CT molecular complexity index is 1450. The minimum Gasteiger partial charge on any atom is -0.462 e. The number of imidazole rings is 1. The summed E-state index contributed by atoms with van der Waals surface area (Å²) in [5.41, 5.74) is 14.2. The minimum atomic E-state index is -4.26. The highest BCUT2D eigenvalue weighted by Crippen LogP contribution is 2.48. The van der Waals surface area contributed by atoms with Crippen molar-refractivity contribution in [2.24, 2.45) is 5.11 Å². The second kappa shape index (κ2) is 11.8. The van der Waals surface area contributed by atoms with Crippen LogP contribution in [0.4, 0.5) is 5.82 Å². The zero-order chi connectivity index (χ0) is 29.1. The molecular weight excluding hydrogens is 545 g/mol. The van der Waals surface area contributed by atoms with E-state index in [0.29, 0.717) is 5.69 Å². The highest BCUT2D eigenvalue weighted by molar-refractivity contribution is 7.52. The van der Waals surface area contributed by atoms with Crippen LogP contribution < -0.4 is 15.3 Å². The summed E-state index contributed by atoms with van der Waals surface area (Å²) < 4.78 is 37.8. The average Bonchev–Trinajstić information content (AvgIpc) is 3.43. The SMILES string of the molecule is CC(C)OC(=O)[C@H](C)NP(=O)(OC[C@H]1O[C@@H](c2cnc3c(N)ncnn23)[C@](C)(N=[N+]=[N-])[C@@H]1O)Oc1ccccc1. The van der Waals surface area contributed by atoms with Crippen molar-refractivity contribution < 1.29 is 33.0 Å². The van der Waals surface area contributed by atoms with E-state index in [2.05, 4.69) is 30.2 Å². The van der Waals surface area contributed by atoms with Crippen LogP contribution in [0, 0.1) is 0 Å². The Morgan fingerprint density at radius 2 is 2.08 bits per heavy atom. The van der Waals surface area contributed by atoms with Gasteiger partial charge in [-0.15, -0.1) is 0 Å². The molecule has 0 radical (unpaired) electrons. The second-order valence-corrected chi connectivity index (χ2v) is 11.2. The normalized spacial score (nSPS) is 24.8. The van der Waals surface area contributed by atoms with Crippen LogP contribution in [0.2, 0.25) is 0 Å². The molecule has 40 heavy (non-hydrogen) atoms. The number of carbonyl (C=O) groups excluding carboxylic acids is 1. The molecule has 1 unspecified atom stereocenters. The number of aliphatic hydroxyl groups excluding tert-OH is 1. The number of hydrogen-bond acceptors (Lipinski definition) is 12. The number of aliphatic hydroxyl groups is 1. The van der Waals surface area contributed by atoms with Gasteiger partial charge in [-0.3, -0.25) is 9.32 Å². The van der Waals surface area contributed by atoms with Crippen LogP contribution in [0.25, 0.3) is 16.1 Å². The average molecular weight is 576 g/mol. The molecule has 0 spiro atoms. The van der Waals surface area contributed by atoms with Gasteiger partial charge < -0.3 is 24.8 Å². The molecule has 1 saturated heterocycles. The van der Waals surface area contributed by atoms with Crippen LogP contribution in [0.15, 0.2) is 48.0 Å². The lowest BCUT2D eigenvalue weighted by atomic mass is 9.88. The van der Waals surface area contributed by atoms with Gasteiger partial charge in [0.2, 0.25) is 0 Å². The molecule has 1 fully saturated rings. The van der Waals surface area contributed by atoms with Crippen LogP contribution in [0.5, 0.6) is 5.75 Å². The van der Waals surface area contributed by atoms with Crippen LogP contribution in [-0.2, 0) is 23.4 Å². The Balaban J connectivity index is 1.60. The number of fused-ring (bicyclic) bond motifs is 1. The number of esters is 1. The van der Waals surface area contributed by atoms with Gasteiger partial charge in [-0.25, -0.2) is 19.0 Å². The summed E-state index contributed by atoms with van der Waals surface area (Å²) in [5, 5.41) is 21.7. The van der Waals surface area contributed by atoms with Gasteiger partial charge in [0.15, 0.2) is 11.5 Å². The predicted molar refractivity (Wildman–Crippen MR) is 141 cm³/mol. The molecule has 1 aliphatic heterocycles. The molecule has 0 aliphatic carbocycles. The maximum Gasteiger partial charge on any atom is 0.459 e. The van der Waals surface area contributed by atoms with Crippen molar-refractivity contribution in [2.75, 3.05) is 12.3 Å². The number of nitrogens with one attached hydrogen (secondary N) is 1. The molecule has 3 heterocycles. The molecule has 214 valence electrons. The summed E-state index contributed by atoms with van der Waals surface area (Å²) in [4.78, 5) is 23.4. The van der Waals surface area contributed by atoms with Crippen molar-refractivity contribution in [3.63, 3.8) is 0 Å². The van der Waals surface area contributed by atoms with E-state index in [1.807, 2.05) is 0 Å². The lowest BCUT2D eigenvalue weighted by Gasteiger charge is -2.27. The molecule has 3 aromatic rings. The molecule has 0 amide bonds. The topological polar surface area (TPSA) is 221 Å². The zero-order valence-corrected chi connectivity index (χ0v) is 23.1. The number of benzene rings is 1. The number of para-hydroxylation sites is 1. The minimum absolute atomic E-state index is 0.111. The summed E-state index contributed by atoms with van der Waals surface area (Å²) in [6.07, 6.45) is -1.40. The number of carbonyl (C=O) groups is 1. The van der Waals surface area contributed by atoms with E-state index in [-0.39, 0.29) is 17.2 Å². The largest absolute Gasteiger partial charge is 0.462 e. The van der Waals surface area contributed by atoms with Gasteiger partial charge in [0.25, 0.3) is 0 Å². The van der Waals surface area contributed by atoms with E-state index in [1.165, 1.54) is 30.9 Å². The number of anilines is 1. The van der Waals surface area contributed by atoms with Gasteiger partial charge >= 0.3 is 13.7 Å². The number of azide groups is 1. The van der Waals surface area contributed by atoms with Crippen LogP contribution in [0.3, 0.4) is 0 Å². The van der Waals surface area contributed by atoms with E-state index < -0.39 is 56.3 Å². The smallest absolute Gasteiger partial charge is 0.459 e. The number of aromatic nitrogens is 4. The Morgan fingerprint density at radius 1 is 1.35 bits per heavy atom. The van der Waals surface area contributed by atoms with Gasteiger partial charge in [0.05, 0.1) is 30.7 Å². The van der Waals surface area contributed by atoms with E-state index in [9.17, 15) is 20.0 Å². The maximum absolute atomic E-state index is 13.8. The van der Waals surface area contributed by atoms with Gasteiger partial charge in [0, 0.05) is 4.91 Å². The van der Waals surface area contributed by atoms with Crippen LogP contribution in [0.1, 0.15) is 39.5 Å². The summed E-state index contributed by atoms with van der Waals surface area (Å²) >= 11 is 0. The number of rotatable bonds is 11. The first-order valence-electron chi connectivity index (χ1n) is 12.3. The lowest BCUT2D eigenvalue weighted by Crippen LogP contribution is -2.42. The summed E-state index contributed by atoms with van der Waals surface area (Å²) in [5.74, 6) is -0.353. The number of ether oxygens (including phenoxy) is 2. The Hall–Kier alpha value is -3.78. The Kier molecular flexibility index (Phi) is 8.59. The first-order chi connectivity index (χ1) is 19.0. The molecule has 2 aromatic heterocycles. The summed E-state index contributed by atoms with van der Waals surface area (Å²) in [6.45, 7) is 5.82. The molecule has 1 aliphatic rings. The maximum atomic E-state index is 13.8. The lowest BCUT2D eigenvalue weighted by molar-refractivity contribution is -0.149. The predicted octanol–water partition coefficient (Wildman–Crippen LogP) is 2.71. The van der Waals surface area contributed by atoms with Crippen molar-refractivity contribution in [3.05, 3.63) is 59.0 Å². The number of nitrogens with two attached hydrogens (primary N) is 1. The standard InChI is InChI=1S/C23H30N9O7P/c1-13(2)37-22(34)14(3)29-40(35,39-15-8-6-5-7-9-15)36-11-17-18(33)23(4,30-31-25)19(38-17)16-10-26-21-20(24)27-12-28-32(16)21/h5-10,12-14,17-19,33H,11H2,1-4H3,(H,29,35)(H2,24,27,28)/t14-,17+,18+,19-,23+,40?/m0/s1. The van der Waals surface area contributed by atoms with Crippen molar-refractivity contribution >= 4 is 25.2 Å². The third-order valence-corrected chi connectivity index (χ3v) is 7.76. The highest BCUT2D eigenvalue weighted by Gasteiger charge is 2.55. The number of nitrogens with zero attached hydrogens (tertiary/aromatic N) is 7. The van der Waals surface area contributed by atoms with Gasteiger partial charge in [0.1, 0.15) is 35.9 Å². The molecule has 0 bridgehead atoms. The molecule has 4 N–H and O–H groups in total. The third kappa shape index (κ3) is 6.02. The van der Waals surface area contributed by atoms with E-state index in [4.69, 9.17) is 24.3 Å². The second-order valence-electron chi connectivity index (χ2n) is 9.51. The van der Waals surface area contributed by atoms with Crippen LogP contribution in [-0.4, -0.2) is 67.2 Å². The first kappa shape index (κ1) is 29.2. The van der Waals surface area contributed by atoms with Crippen molar-refractivity contribution in [2.45, 2.75) is 63.7 Å². The molecular formula is C23H30N9O7P. The first-order valence-corrected chi connectivity index (χ1v) is 13.8. The molecule has 16 nitrogen and oxygen atoms in total. The highest BCUT2D eigenvalue weighted by atomic mass is 31.2. The summed E-state index contributed by atoms with van der Waals surface area (Å²) in [6, 6.07) is 7.12. The zero-order valence-electron chi connectivity index (χ0n) is 22.2. The third-order valence-electron chi connectivity index (χ3n) is 6.11. The quantitative estimate of drug-likeness (QED) is 0.0987. The van der Waals surface area contributed by atoms with Gasteiger partial charge in [-0.05, 0) is 45.4 Å². The van der Waals surface area contributed by atoms with Crippen molar-refractivity contribution in [1.82, 2.24) is 24.7 Å². The molecule has 17 heteroatoms. The Labute approximate surface area is 229 Å². The fourth-order valence-electron chi connectivity index (χ4n) is 4.16. The van der Waals surface area contributed by atoms with Gasteiger partial charge in [-0.2, -0.15) is 10.2 Å². The van der Waals surface area contributed by atoms with Crippen LogP contribution >= 0.6 is 7.75 Å². The molecule has 4 rings (SSSR count).